The molecule has 2 aromatic carbocycles. The molecule has 0 spiro atoms. The molecule has 0 N–H and O–H groups in total. The summed E-state index contributed by atoms with van der Waals surface area (Å²) in [6, 6.07) is 19.3. The van der Waals surface area contributed by atoms with Crippen LogP contribution < -0.4 is 4.74 Å². The number of nitrogens with zero attached hydrogens (tertiary/aromatic N) is 3. The molecule has 0 aliphatic carbocycles. The van der Waals surface area contributed by atoms with Gasteiger partial charge >= 0.3 is 0 Å². The second kappa shape index (κ2) is 9.13. The highest BCUT2D eigenvalue weighted by molar-refractivity contribution is 5.94. The number of ether oxygens (including phenoxy) is 1. The van der Waals surface area contributed by atoms with Crippen molar-refractivity contribution >= 4 is 5.91 Å². The molecule has 1 aromatic heterocycles. The third kappa shape index (κ3) is 4.94. The zero-order valence-corrected chi connectivity index (χ0v) is 16.6. The Kier molecular flexibility index (Phi) is 6.37. The number of aryl methyl sites for hydroxylation is 2. The first kappa shape index (κ1) is 19.5. The van der Waals surface area contributed by atoms with Gasteiger partial charge in [0.25, 0.3) is 5.91 Å². The van der Waals surface area contributed by atoms with E-state index in [1.165, 1.54) is 0 Å². The molecule has 0 bridgehead atoms. The molecule has 0 atom stereocenters. The maximum atomic E-state index is 12.8. The summed E-state index contributed by atoms with van der Waals surface area (Å²) in [4.78, 5) is 14.6. The number of amides is 1. The van der Waals surface area contributed by atoms with Gasteiger partial charge in [-0.3, -0.25) is 4.79 Å². The lowest BCUT2D eigenvalue weighted by Gasteiger charge is -2.21. The van der Waals surface area contributed by atoms with Crippen LogP contribution in [0.4, 0.5) is 0 Å². The minimum atomic E-state index is -0.00289. The van der Waals surface area contributed by atoms with Crippen LogP contribution in [0.2, 0.25) is 0 Å². The quantitative estimate of drug-likeness (QED) is 0.618. The maximum Gasteiger partial charge on any atom is 0.253 e. The summed E-state index contributed by atoms with van der Waals surface area (Å²) in [7, 11) is 0. The van der Waals surface area contributed by atoms with Crippen LogP contribution >= 0.6 is 0 Å². The van der Waals surface area contributed by atoms with Crippen molar-refractivity contribution < 1.29 is 9.53 Å². The molecule has 0 saturated carbocycles. The molecule has 5 nitrogen and oxygen atoms in total. The molecule has 0 radical (unpaired) electrons. The molecule has 1 heterocycles. The molecule has 0 saturated heterocycles. The fraction of sp³-hybridized carbons (Fsp3) is 0.261. The molecule has 3 rings (SSSR count). The summed E-state index contributed by atoms with van der Waals surface area (Å²) in [6.07, 6.45) is 0. The predicted octanol–water partition coefficient (Wildman–Crippen LogP) is 4.30. The van der Waals surface area contributed by atoms with Crippen molar-refractivity contribution in [1.29, 1.82) is 0 Å². The molecule has 0 aliphatic heterocycles. The molecule has 144 valence electrons. The summed E-state index contributed by atoms with van der Waals surface area (Å²) < 4.78 is 5.78. The van der Waals surface area contributed by atoms with Crippen LogP contribution in [-0.4, -0.2) is 40.7 Å². The average Bonchev–Trinajstić information content (AvgIpc) is 2.72. The van der Waals surface area contributed by atoms with Gasteiger partial charge in [0.15, 0.2) is 0 Å². The van der Waals surface area contributed by atoms with Gasteiger partial charge in [0.05, 0.1) is 17.9 Å². The molecule has 0 unspecified atom stereocenters. The number of aromatic nitrogens is 2. The predicted molar refractivity (Wildman–Crippen MR) is 110 cm³/mol. The summed E-state index contributed by atoms with van der Waals surface area (Å²) in [5.74, 6) is 0.823. The summed E-state index contributed by atoms with van der Waals surface area (Å²) in [6.45, 7) is 7.53. The second-order valence-corrected chi connectivity index (χ2v) is 6.69. The van der Waals surface area contributed by atoms with Crippen LogP contribution in [-0.2, 0) is 0 Å². The minimum absolute atomic E-state index is 0.00289. The Morgan fingerprint density at radius 1 is 1.00 bits per heavy atom. The van der Waals surface area contributed by atoms with Gasteiger partial charge in [0, 0.05) is 17.7 Å². The van der Waals surface area contributed by atoms with Crippen molar-refractivity contribution in [2.75, 3.05) is 19.7 Å². The van der Waals surface area contributed by atoms with Gasteiger partial charge in [-0.25, -0.2) is 0 Å². The number of benzene rings is 2. The van der Waals surface area contributed by atoms with Crippen molar-refractivity contribution in [2.45, 2.75) is 20.8 Å². The van der Waals surface area contributed by atoms with Crippen LogP contribution in [0, 0.1) is 13.8 Å². The molecule has 0 aliphatic rings. The Labute approximate surface area is 166 Å². The number of hydrogen-bond acceptors (Lipinski definition) is 4. The molecule has 1 amide bonds. The van der Waals surface area contributed by atoms with Crippen molar-refractivity contribution in [3.63, 3.8) is 0 Å². The topological polar surface area (TPSA) is 55.3 Å². The lowest BCUT2D eigenvalue weighted by Crippen LogP contribution is -2.34. The smallest absolute Gasteiger partial charge is 0.253 e. The van der Waals surface area contributed by atoms with Crippen LogP contribution in [0.15, 0.2) is 60.7 Å². The van der Waals surface area contributed by atoms with Crippen molar-refractivity contribution in [2.24, 2.45) is 0 Å². The fourth-order valence-corrected chi connectivity index (χ4v) is 2.90. The monoisotopic (exact) mass is 375 g/mol. The van der Waals surface area contributed by atoms with E-state index < -0.39 is 0 Å². The minimum Gasteiger partial charge on any atom is -0.492 e. The second-order valence-electron chi connectivity index (χ2n) is 6.69. The number of rotatable bonds is 7. The Morgan fingerprint density at radius 2 is 1.79 bits per heavy atom. The molecule has 5 heteroatoms. The lowest BCUT2D eigenvalue weighted by molar-refractivity contribution is 0.0740. The van der Waals surface area contributed by atoms with Crippen LogP contribution in [0.1, 0.15) is 28.5 Å². The van der Waals surface area contributed by atoms with Gasteiger partial charge < -0.3 is 9.64 Å². The van der Waals surface area contributed by atoms with Gasteiger partial charge in [0.2, 0.25) is 0 Å². The van der Waals surface area contributed by atoms with Crippen LogP contribution in [0.5, 0.6) is 5.75 Å². The van der Waals surface area contributed by atoms with Gasteiger partial charge in [-0.05, 0) is 62.7 Å². The third-order valence-electron chi connectivity index (χ3n) is 4.51. The summed E-state index contributed by atoms with van der Waals surface area (Å²) >= 11 is 0. The summed E-state index contributed by atoms with van der Waals surface area (Å²) in [5.41, 5.74) is 4.42. The molecule has 0 fully saturated rings. The lowest BCUT2D eigenvalue weighted by atomic mass is 10.1. The number of carbonyl (C=O) groups is 1. The number of carbonyl (C=O) groups excluding carboxylic acids is 1. The molecule has 28 heavy (non-hydrogen) atoms. The van der Waals surface area contributed by atoms with E-state index in [9.17, 15) is 4.79 Å². The third-order valence-corrected chi connectivity index (χ3v) is 4.51. The number of hydrogen-bond donors (Lipinski definition) is 0. The molecule has 3 aromatic rings. The number of likely N-dealkylation sites (N-methyl/N-ethyl adjacent to an activating group) is 1. The maximum absolute atomic E-state index is 12.8. The van der Waals surface area contributed by atoms with E-state index in [0.29, 0.717) is 25.3 Å². The zero-order valence-electron chi connectivity index (χ0n) is 16.6. The van der Waals surface area contributed by atoms with Crippen molar-refractivity contribution in [3.05, 3.63) is 77.5 Å². The van der Waals surface area contributed by atoms with Crippen molar-refractivity contribution in [3.8, 4) is 17.0 Å². The van der Waals surface area contributed by atoms with E-state index >= 15 is 0 Å². The van der Waals surface area contributed by atoms with Crippen LogP contribution in [0.3, 0.4) is 0 Å². The normalized spacial score (nSPS) is 10.5. The summed E-state index contributed by atoms with van der Waals surface area (Å²) in [5, 5.41) is 8.27. The highest BCUT2D eigenvalue weighted by Crippen LogP contribution is 2.18. The largest absolute Gasteiger partial charge is 0.492 e. The molecular weight excluding hydrogens is 350 g/mol. The first-order valence-electron chi connectivity index (χ1n) is 9.46. The van der Waals surface area contributed by atoms with E-state index in [2.05, 4.69) is 10.2 Å². The SMILES string of the molecule is CCN(CCOc1cccc(C)c1)C(=O)c1ccc(-c2ccc(C)nn2)cc1. The Bertz CT molecular complexity index is 921. The van der Waals surface area contributed by atoms with Gasteiger partial charge in [-0.1, -0.05) is 24.3 Å². The Hall–Kier alpha value is -3.21. The van der Waals surface area contributed by atoms with Gasteiger partial charge in [0.1, 0.15) is 12.4 Å². The van der Waals surface area contributed by atoms with E-state index in [4.69, 9.17) is 4.74 Å². The van der Waals surface area contributed by atoms with E-state index in [1.807, 2.05) is 81.4 Å². The van der Waals surface area contributed by atoms with Gasteiger partial charge in [-0.15, -0.1) is 0 Å². The van der Waals surface area contributed by atoms with Crippen LogP contribution in [0.25, 0.3) is 11.3 Å². The van der Waals surface area contributed by atoms with E-state index in [1.54, 1.807) is 4.90 Å². The van der Waals surface area contributed by atoms with E-state index in [0.717, 1.165) is 28.3 Å². The molecular formula is C23H25N3O2. The van der Waals surface area contributed by atoms with Crippen molar-refractivity contribution in [1.82, 2.24) is 15.1 Å². The zero-order chi connectivity index (χ0) is 19.9. The average molecular weight is 375 g/mol. The highest BCUT2D eigenvalue weighted by Gasteiger charge is 2.14. The Balaban J connectivity index is 1.61. The van der Waals surface area contributed by atoms with Gasteiger partial charge in [-0.2, -0.15) is 10.2 Å². The standard InChI is InChI=1S/C23H25N3O2/c1-4-26(14-15-28-21-7-5-6-17(2)16-21)23(27)20-11-9-19(10-12-20)22-13-8-18(3)24-25-22/h5-13,16H,4,14-15H2,1-3H3. The van der Waals surface area contributed by atoms with E-state index in [-0.39, 0.29) is 5.91 Å². The highest BCUT2D eigenvalue weighted by atomic mass is 16.5. The Morgan fingerprint density at radius 3 is 2.43 bits per heavy atom. The first-order chi connectivity index (χ1) is 13.6. The fourth-order valence-electron chi connectivity index (χ4n) is 2.90. The first-order valence-corrected chi connectivity index (χ1v) is 9.46.